The van der Waals surface area contributed by atoms with E-state index in [0.29, 0.717) is 11.3 Å². The van der Waals surface area contributed by atoms with Crippen molar-refractivity contribution in [3.05, 3.63) is 29.6 Å². The maximum atomic E-state index is 11.4. The number of hydrogen-bond acceptors (Lipinski definition) is 6. The molecule has 0 aliphatic carbocycles. The van der Waals surface area contributed by atoms with Gasteiger partial charge in [-0.1, -0.05) is 6.07 Å². The number of esters is 1. The lowest BCUT2D eigenvalue weighted by Gasteiger charge is -2.02. The quantitative estimate of drug-likeness (QED) is 0.656. The molecular formula is C12H13N3O3. The predicted octanol–water partition coefficient (Wildman–Crippen LogP) is 1.80. The van der Waals surface area contributed by atoms with E-state index in [-0.39, 0.29) is 18.3 Å². The van der Waals surface area contributed by atoms with Gasteiger partial charge in [0.2, 0.25) is 0 Å². The summed E-state index contributed by atoms with van der Waals surface area (Å²) >= 11 is 0. The van der Waals surface area contributed by atoms with Crippen LogP contribution in [0.2, 0.25) is 0 Å². The van der Waals surface area contributed by atoms with Crippen LogP contribution < -0.4 is 5.73 Å². The maximum absolute atomic E-state index is 11.4. The largest absolute Gasteiger partial charge is 0.460 e. The predicted molar refractivity (Wildman–Crippen MR) is 64.8 cm³/mol. The molecule has 2 aromatic rings. The third kappa shape index (κ3) is 2.17. The van der Waals surface area contributed by atoms with Crippen molar-refractivity contribution in [1.29, 1.82) is 0 Å². The molecule has 0 saturated heterocycles. The van der Waals surface area contributed by atoms with Crippen LogP contribution in [0.1, 0.15) is 23.1 Å². The molecule has 6 nitrogen and oxygen atoms in total. The molecule has 0 aliphatic heterocycles. The minimum Gasteiger partial charge on any atom is -0.460 e. The van der Waals surface area contributed by atoms with Crippen molar-refractivity contribution in [3.8, 4) is 11.5 Å². The van der Waals surface area contributed by atoms with Crippen molar-refractivity contribution in [2.45, 2.75) is 13.8 Å². The van der Waals surface area contributed by atoms with Gasteiger partial charge < -0.3 is 15.0 Å². The second-order valence-electron chi connectivity index (χ2n) is 3.66. The number of nitrogen functional groups attached to an aromatic ring is 1. The van der Waals surface area contributed by atoms with Crippen molar-refractivity contribution < 1.29 is 14.1 Å². The van der Waals surface area contributed by atoms with Crippen molar-refractivity contribution in [2.24, 2.45) is 0 Å². The number of hydrogen-bond donors (Lipinski definition) is 1. The summed E-state index contributed by atoms with van der Waals surface area (Å²) in [6.07, 6.45) is 0. The van der Waals surface area contributed by atoms with Gasteiger partial charge in [-0.15, -0.1) is 0 Å². The Kier molecular flexibility index (Phi) is 3.27. The van der Waals surface area contributed by atoms with E-state index in [1.54, 1.807) is 25.1 Å². The summed E-state index contributed by atoms with van der Waals surface area (Å²) in [6, 6.07) is 5.36. The van der Waals surface area contributed by atoms with Crippen LogP contribution in [0.5, 0.6) is 0 Å². The lowest BCUT2D eigenvalue weighted by atomic mass is 10.1. The number of rotatable bonds is 3. The Hall–Kier alpha value is -2.37. The molecule has 0 saturated carbocycles. The van der Waals surface area contributed by atoms with Crippen molar-refractivity contribution in [1.82, 2.24) is 10.1 Å². The van der Waals surface area contributed by atoms with Gasteiger partial charge in [-0.05, 0) is 36.7 Å². The molecule has 0 bridgehead atoms. The second-order valence-corrected chi connectivity index (χ2v) is 3.66. The van der Waals surface area contributed by atoms with Crippen molar-refractivity contribution in [2.75, 3.05) is 12.3 Å². The average molecular weight is 247 g/mol. The number of benzene rings is 1. The van der Waals surface area contributed by atoms with Gasteiger partial charge in [-0.3, -0.25) is 0 Å². The molecule has 18 heavy (non-hydrogen) atoms. The van der Waals surface area contributed by atoms with Gasteiger partial charge in [0.1, 0.15) is 0 Å². The number of carbonyl (C=O) groups excluding carboxylic acids is 1. The highest BCUT2D eigenvalue weighted by Gasteiger charge is 2.18. The molecule has 1 heterocycles. The van der Waals surface area contributed by atoms with Gasteiger partial charge >= 0.3 is 5.97 Å². The van der Waals surface area contributed by atoms with E-state index in [2.05, 4.69) is 10.1 Å². The normalized spacial score (nSPS) is 10.3. The first-order valence-corrected chi connectivity index (χ1v) is 5.49. The van der Waals surface area contributed by atoms with Gasteiger partial charge in [0, 0.05) is 11.3 Å². The highest BCUT2D eigenvalue weighted by atomic mass is 16.5. The first kappa shape index (κ1) is 12.1. The highest BCUT2D eigenvalue weighted by Crippen LogP contribution is 2.25. The Bertz CT molecular complexity index is 578. The molecule has 0 amide bonds. The summed E-state index contributed by atoms with van der Waals surface area (Å²) in [6.45, 7) is 3.82. The van der Waals surface area contributed by atoms with Crippen molar-refractivity contribution >= 4 is 11.7 Å². The van der Waals surface area contributed by atoms with E-state index in [9.17, 15) is 4.79 Å². The Labute approximate surface area is 104 Å². The maximum Gasteiger partial charge on any atom is 0.379 e. The number of nitrogens with two attached hydrogens (primary N) is 1. The third-order valence-corrected chi connectivity index (χ3v) is 2.49. The highest BCUT2D eigenvalue weighted by molar-refractivity contribution is 5.85. The van der Waals surface area contributed by atoms with Crippen molar-refractivity contribution in [3.63, 3.8) is 0 Å². The van der Waals surface area contributed by atoms with E-state index in [0.717, 1.165) is 5.56 Å². The molecule has 1 aromatic carbocycles. The minimum atomic E-state index is -0.603. The van der Waals surface area contributed by atoms with Crippen LogP contribution in [0.25, 0.3) is 11.5 Å². The van der Waals surface area contributed by atoms with E-state index in [4.69, 9.17) is 15.0 Å². The molecule has 0 fully saturated rings. The summed E-state index contributed by atoms with van der Waals surface area (Å²) in [5.74, 6) is -0.439. The SMILES string of the molecule is CCOC(=O)c1noc(-c2cccc(N)c2C)n1. The molecule has 94 valence electrons. The molecule has 0 spiro atoms. The smallest absolute Gasteiger partial charge is 0.379 e. The molecular weight excluding hydrogens is 234 g/mol. The number of carbonyl (C=O) groups is 1. The zero-order valence-electron chi connectivity index (χ0n) is 10.1. The van der Waals surface area contributed by atoms with Crippen LogP contribution >= 0.6 is 0 Å². The lowest BCUT2D eigenvalue weighted by molar-refractivity contribution is 0.0508. The topological polar surface area (TPSA) is 91.2 Å². The standard InChI is InChI=1S/C12H13N3O3/c1-3-17-12(16)10-14-11(18-15-10)8-5-4-6-9(13)7(8)2/h4-6H,3,13H2,1-2H3. The van der Waals surface area contributed by atoms with Crippen LogP contribution in [0, 0.1) is 6.92 Å². The van der Waals surface area contributed by atoms with Crippen LogP contribution in [-0.2, 0) is 4.74 Å². The van der Waals surface area contributed by atoms with Gasteiger partial charge in [-0.2, -0.15) is 4.98 Å². The lowest BCUT2D eigenvalue weighted by Crippen LogP contribution is -2.06. The Morgan fingerprint density at radius 3 is 3.00 bits per heavy atom. The summed E-state index contributed by atoms with van der Waals surface area (Å²) in [5, 5.41) is 3.58. The Morgan fingerprint density at radius 2 is 2.28 bits per heavy atom. The summed E-state index contributed by atoms with van der Waals surface area (Å²) in [5.41, 5.74) is 7.96. The fourth-order valence-corrected chi connectivity index (χ4v) is 1.50. The molecule has 1 aromatic heterocycles. The van der Waals surface area contributed by atoms with Gasteiger partial charge in [0.25, 0.3) is 11.7 Å². The first-order chi connectivity index (χ1) is 8.63. The summed E-state index contributed by atoms with van der Waals surface area (Å²) < 4.78 is 9.82. The Morgan fingerprint density at radius 1 is 1.50 bits per heavy atom. The van der Waals surface area contributed by atoms with E-state index >= 15 is 0 Å². The van der Waals surface area contributed by atoms with E-state index in [1.807, 2.05) is 6.92 Å². The van der Waals surface area contributed by atoms with Gasteiger partial charge in [-0.25, -0.2) is 4.79 Å². The Balaban J connectivity index is 2.35. The summed E-state index contributed by atoms with van der Waals surface area (Å²) in [4.78, 5) is 15.4. The average Bonchev–Trinajstić information content (AvgIpc) is 2.82. The zero-order chi connectivity index (χ0) is 13.1. The molecule has 2 rings (SSSR count). The molecule has 0 atom stereocenters. The third-order valence-electron chi connectivity index (χ3n) is 2.49. The summed E-state index contributed by atoms with van der Waals surface area (Å²) in [7, 11) is 0. The fourth-order valence-electron chi connectivity index (χ4n) is 1.50. The van der Waals surface area contributed by atoms with E-state index in [1.165, 1.54) is 0 Å². The molecule has 0 unspecified atom stereocenters. The molecule has 2 N–H and O–H groups in total. The van der Waals surface area contributed by atoms with Crippen LogP contribution in [-0.4, -0.2) is 22.7 Å². The van der Waals surface area contributed by atoms with Crippen LogP contribution in [0.15, 0.2) is 22.7 Å². The van der Waals surface area contributed by atoms with Gasteiger partial charge in [0.05, 0.1) is 6.61 Å². The van der Waals surface area contributed by atoms with Crippen LogP contribution in [0.4, 0.5) is 5.69 Å². The van der Waals surface area contributed by atoms with E-state index < -0.39 is 5.97 Å². The number of nitrogens with zero attached hydrogens (tertiary/aromatic N) is 2. The molecule has 0 aliphatic rings. The second kappa shape index (κ2) is 4.87. The zero-order valence-corrected chi connectivity index (χ0v) is 10.1. The number of aromatic nitrogens is 2. The van der Waals surface area contributed by atoms with Gasteiger partial charge in [0.15, 0.2) is 0 Å². The first-order valence-electron chi connectivity index (χ1n) is 5.49. The fraction of sp³-hybridized carbons (Fsp3) is 0.250. The molecule has 0 radical (unpaired) electrons. The number of ether oxygens (including phenoxy) is 1. The molecule has 6 heteroatoms. The minimum absolute atomic E-state index is 0.0892. The number of anilines is 1. The monoisotopic (exact) mass is 247 g/mol. The van der Waals surface area contributed by atoms with Crippen LogP contribution in [0.3, 0.4) is 0 Å².